The zero-order valence-corrected chi connectivity index (χ0v) is 42.4. The Labute approximate surface area is 380 Å². The molecule has 4 aromatic rings. The monoisotopic (exact) mass is 962 g/mol. The van der Waals surface area contributed by atoms with Gasteiger partial charge < -0.3 is 0 Å². The van der Waals surface area contributed by atoms with E-state index >= 15 is 13.2 Å². The molecule has 7 heteroatoms. The molecule has 0 aliphatic heterocycles. The molecule has 0 N–H and O–H groups in total. The van der Waals surface area contributed by atoms with E-state index in [1.807, 2.05) is 0 Å². The van der Waals surface area contributed by atoms with Crippen molar-refractivity contribution >= 4 is 43.8 Å². The Morgan fingerprint density at radius 1 is 0.574 bits per heavy atom. The fourth-order valence-corrected chi connectivity index (χ4v) is 36.2. The Kier molecular flexibility index (Phi) is 16.1. The molecular weight excluding hydrogens is 896 g/mol. The summed E-state index contributed by atoms with van der Waals surface area (Å²) in [4.78, 5) is 0. The van der Waals surface area contributed by atoms with E-state index in [1.54, 1.807) is 0 Å². The Morgan fingerprint density at radius 3 is 1.33 bits per heavy atom. The van der Waals surface area contributed by atoms with E-state index in [9.17, 15) is 0 Å². The third-order valence-corrected chi connectivity index (χ3v) is 38.2. The number of halogens is 5. The standard InChI is InChI=1S/2C25H29.C3H4F3.CH3.2ClH.H2Si.Zr/c2*1-2-7-19-12-14-22(15-13-19)24-11-6-10-23-17-21(18-25(23)24)16-20-8-4-3-5-9-20;1-2-3(4,5)6;;;;;/h2*6,10-15,17-18,20H,2-5,7-9,16H2,1H3;1-2H2;1H3;2*1H;1H2;. The molecule has 2 unspecified atom stereocenters. The van der Waals surface area contributed by atoms with Gasteiger partial charge in [0.1, 0.15) is 0 Å². The van der Waals surface area contributed by atoms with Crippen LogP contribution in [0, 0.1) is 11.8 Å². The van der Waals surface area contributed by atoms with Crippen LogP contribution in [0.3, 0.4) is 0 Å². The number of alkyl halides is 3. The zero-order chi connectivity index (χ0) is 41.2. The number of rotatable bonds is 14. The second-order valence-corrected chi connectivity index (χ2v) is 48.3. The molecule has 0 saturated heterocycles. The normalized spacial score (nSPS) is 19.7. The maximum atomic E-state index is 15.0. The van der Waals surface area contributed by atoms with Crippen molar-refractivity contribution in [1.82, 2.24) is 0 Å². The van der Waals surface area contributed by atoms with Gasteiger partial charge in [-0.25, -0.2) is 0 Å². The second-order valence-electron chi connectivity index (χ2n) is 19.9. The molecule has 328 valence electrons. The molecule has 0 spiro atoms. The van der Waals surface area contributed by atoms with Gasteiger partial charge in [0.05, 0.1) is 0 Å². The molecule has 4 aliphatic rings. The Morgan fingerprint density at radius 2 is 0.967 bits per heavy atom. The van der Waals surface area contributed by atoms with Crippen LogP contribution in [0.2, 0.25) is 8.76 Å². The predicted molar refractivity (Wildman–Crippen MR) is 260 cm³/mol. The molecule has 0 heterocycles. The zero-order valence-electron chi connectivity index (χ0n) is 36.9. The first kappa shape index (κ1) is 48.3. The SMILES string of the molecule is CCCc1ccc(-c2cccc3c2C=C(CC2CCCCC2)[CH]3[Zr]([CH3])(=[SiH2])([CH2]CC(F)(F)F)[CH]2C(CC3CCCCC3)=Cc3c(-c4ccc(CCC)cc4)cccc32)cc1.Cl.Cl. The molecule has 2 atom stereocenters. The predicted octanol–water partition coefficient (Wildman–Crippen LogP) is 16.9. The molecule has 0 amide bonds. The largest absolute Gasteiger partial charge is 0.147 e. The van der Waals surface area contributed by atoms with Gasteiger partial charge in [0.2, 0.25) is 0 Å². The van der Waals surface area contributed by atoms with E-state index in [0.717, 1.165) is 38.5 Å². The molecule has 4 aliphatic carbocycles. The van der Waals surface area contributed by atoms with Gasteiger partial charge in [0.25, 0.3) is 0 Å². The average molecular weight is 965 g/mol. The molecule has 0 bridgehead atoms. The van der Waals surface area contributed by atoms with Gasteiger partial charge in [-0.3, -0.25) is 0 Å². The van der Waals surface area contributed by atoms with Crippen molar-refractivity contribution in [2.75, 3.05) is 0 Å². The number of aryl methyl sites for hydroxylation is 2. The Bertz CT molecular complexity index is 2100. The Hall–Kier alpha value is -2.17. The van der Waals surface area contributed by atoms with E-state index in [0.29, 0.717) is 11.8 Å². The van der Waals surface area contributed by atoms with Crippen molar-refractivity contribution in [1.29, 1.82) is 0 Å². The number of fused-ring (bicyclic) bond motifs is 2. The third-order valence-electron chi connectivity index (χ3n) is 15.3. The molecule has 0 radical (unpaired) electrons. The van der Waals surface area contributed by atoms with E-state index in [1.165, 1.54) is 131 Å². The summed E-state index contributed by atoms with van der Waals surface area (Å²) in [6.45, 7) is 6.62. The van der Waals surface area contributed by atoms with Crippen molar-refractivity contribution in [3.8, 4) is 22.3 Å². The number of hydrogen-bond acceptors (Lipinski definition) is 0. The van der Waals surface area contributed by atoms with E-state index in [-0.39, 0.29) is 36.2 Å². The van der Waals surface area contributed by atoms with Crippen LogP contribution in [0.5, 0.6) is 0 Å². The van der Waals surface area contributed by atoms with E-state index in [4.69, 9.17) is 0 Å². The van der Waals surface area contributed by atoms with Gasteiger partial charge in [-0.1, -0.05) is 0 Å². The first-order valence-electron chi connectivity index (χ1n) is 23.4. The van der Waals surface area contributed by atoms with Crippen molar-refractivity contribution < 1.29 is 30.6 Å². The molecule has 8 rings (SSSR count). The maximum Gasteiger partial charge on any atom is -0.147 e. The van der Waals surface area contributed by atoms with Crippen molar-refractivity contribution in [3.63, 3.8) is 0 Å². The summed E-state index contributed by atoms with van der Waals surface area (Å²) < 4.78 is 48.0. The van der Waals surface area contributed by atoms with Crippen LogP contribution in [0.4, 0.5) is 13.2 Å². The fourth-order valence-electron chi connectivity index (χ4n) is 12.5. The summed E-state index contributed by atoms with van der Waals surface area (Å²) in [6.07, 6.45) is 19.1. The number of allylic oxidation sites excluding steroid dienone is 2. The first-order valence-corrected chi connectivity index (χ1v) is 36.4. The minimum atomic E-state index is -4.80. The van der Waals surface area contributed by atoms with Crippen LogP contribution in [-0.2, 0) is 30.2 Å². The summed E-state index contributed by atoms with van der Waals surface area (Å²) >= 11 is -4.80. The molecule has 2 saturated carbocycles. The van der Waals surface area contributed by atoms with E-state index < -0.39 is 30.0 Å². The summed E-state index contributed by atoms with van der Waals surface area (Å²) in [5.41, 5.74) is 15.8. The summed E-state index contributed by atoms with van der Waals surface area (Å²) in [7, 11) is 0. The summed E-state index contributed by atoms with van der Waals surface area (Å²) in [5.74, 6) is 1.20. The quantitative estimate of drug-likeness (QED) is 0.111. The average Bonchev–Trinajstić information content (AvgIpc) is 3.81. The third kappa shape index (κ3) is 10.4. The van der Waals surface area contributed by atoms with Crippen molar-refractivity contribution in [2.45, 2.75) is 145 Å². The first-order chi connectivity index (χ1) is 28.4. The molecular formula is C54H69Cl2F3SiZr. The van der Waals surface area contributed by atoms with Crippen molar-refractivity contribution in [2.24, 2.45) is 11.8 Å². The van der Waals surface area contributed by atoms with Crippen LogP contribution in [-0.4, -0.2) is 13.1 Å². The van der Waals surface area contributed by atoms with Crippen LogP contribution >= 0.6 is 24.8 Å². The van der Waals surface area contributed by atoms with Crippen LogP contribution in [0.1, 0.15) is 151 Å². The smallest absolute Gasteiger partial charge is 0.147 e. The van der Waals surface area contributed by atoms with E-state index in [2.05, 4.69) is 122 Å². The Balaban J connectivity index is 0.00000311. The number of hydrogen-bond donors (Lipinski definition) is 0. The van der Waals surface area contributed by atoms with Gasteiger partial charge in [0.15, 0.2) is 0 Å². The van der Waals surface area contributed by atoms with Gasteiger partial charge in [0, 0.05) is 0 Å². The van der Waals surface area contributed by atoms with Crippen molar-refractivity contribution in [3.05, 3.63) is 129 Å². The fraction of sp³-hybridized carbons (Fsp3) is 0.481. The topological polar surface area (TPSA) is 0 Å². The molecule has 0 nitrogen and oxygen atoms in total. The maximum absolute atomic E-state index is 15.0. The molecule has 0 aromatic heterocycles. The van der Waals surface area contributed by atoms with Gasteiger partial charge in [-0.2, -0.15) is 0 Å². The summed E-state index contributed by atoms with van der Waals surface area (Å²) in [5, 5.41) is 0. The van der Waals surface area contributed by atoms with Crippen LogP contribution < -0.4 is 0 Å². The second kappa shape index (κ2) is 20.3. The minimum Gasteiger partial charge on any atom is -0.147 e. The number of benzene rings is 4. The molecule has 4 aromatic carbocycles. The van der Waals surface area contributed by atoms with Gasteiger partial charge in [-0.15, -0.1) is 24.8 Å². The molecule has 2 fully saturated rings. The van der Waals surface area contributed by atoms with Gasteiger partial charge >= 0.3 is 358 Å². The van der Waals surface area contributed by atoms with Crippen LogP contribution in [0.15, 0.2) is 96.1 Å². The summed E-state index contributed by atoms with van der Waals surface area (Å²) in [6, 6.07) is 31.9. The molecule has 61 heavy (non-hydrogen) atoms. The van der Waals surface area contributed by atoms with Crippen LogP contribution in [0.25, 0.3) is 34.4 Å². The minimum absolute atomic E-state index is 0. The van der Waals surface area contributed by atoms with Gasteiger partial charge in [-0.05, 0) is 0 Å².